The van der Waals surface area contributed by atoms with Crippen molar-refractivity contribution < 1.29 is 13.2 Å². The summed E-state index contributed by atoms with van der Waals surface area (Å²) in [5.41, 5.74) is 6.13. The van der Waals surface area contributed by atoms with E-state index in [2.05, 4.69) is 10.0 Å². The minimum absolute atomic E-state index is 0. The van der Waals surface area contributed by atoms with Gasteiger partial charge in [0.2, 0.25) is 15.9 Å². The number of nitrogens with one attached hydrogen (secondary N) is 2. The molecule has 1 aromatic rings. The number of carbonyl (C=O) groups excluding carboxylic acids is 1. The number of rotatable bonds is 5. The topological polar surface area (TPSA) is 101 Å². The van der Waals surface area contributed by atoms with E-state index < -0.39 is 15.6 Å². The number of hydrogen-bond donors (Lipinski definition) is 3. The summed E-state index contributed by atoms with van der Waals surface area (Å²) >= 11 is 0. The Bertz CT molecular complexity index is 550. The van der Waals surface area contributed by atoms with Crippen LogP contribution in [-0.4, -0.2) is 26.1 Å². The Morgan fingerprint density at radius 3 is 2.15 bits per heavy atom. The van der Waals surface area contributed by atoms with Crippen LogP contribution in [-0.2, 0) is 21.4 Å². The van der Waals surface area contributed by atoms with Crippen molar-refractivity contribution in [1.82, 2.24) is 4.72 Å². The molecule has 8 heteroatoms. The fourth-order valence-corrected chi connectivity index (χ4v) is 1.64. The molecule has 1 aromatic carbocycles. The molecule has 0 saturated carbocycles. The van der Waals surface area contributed by atoms with E-state index in [1.165, 1.54) is 0 Å². The van der Waals surface area contributed by atoms with Crippen LogP contribution in [0.3, 0.4) is 0 Å². The minimum Gasteiger partial charge on any atom is -0.325 e. The number of benzene rings is 1. The number of hydrogen-bond acceptors (Lipinski definition) is 4. The monoisotopic (exact) mass is 321 g/mol. The summed E-state index contributed by atoms with van der Waals surface area (Å²) in [5.74, 6) is -0.283. The molecule has 0 aromatic heterocycles. The van der Waals surface area contributed by atoms with Gasteiger partial charge in [-0.2, -0.15) is 0 Å². The number of nitrogens with two attached hydrogens (primary N) is 1. The Hall–Kier alpha value is -1.15. The molecule has 6 nitrogen and oxygen atoms in total. The third-order valence-corrected chi connectivity index (χ3v) is 3.00. The number of anilines is 1. The summed E-state index contributed by atoms with van der Waals surface area (Å²) < 4.78 is 24.3. The van der Waals surface area contributed by atoms with Crippen molar-refractivity contribution in [3.8, 4) is 0 Å². The number of carbonyl (C=O) groups is 1. The van der Waals surface area contributed by atoms with E-state index in [1.54, 1.807) is 38.1 Å². The van der Waals surface area contributed by atoms with Gasteiger partial charge in [-0.3, -0.25) is 4.79 Å². The van der Waals surface area contributed by atoms with Gasteiger partial charge in [-0.15, -0.1) is 12.4 Å². The highest BCUT2D eigenvalue weighted by Gasteiger charge is 2.21. The lowest BCUT2D eigenvalue weighted by Crippen LogP contribution is -2.45. The molecule has 0 bridgehead atoms. The van der Waals surface area contributed by atoms with Crippen molar-refractivity contribution >= 4 is 34.0 Å². The van der Waals surface area contributed by atoms with Gasteiger partial charge in [-0.1, -0.05) is 12.1 Å². The molecule has 114 valence electrons. The zero-order valence-corrected chi connectivity index (χ0v) is 13.3. The summed E-state index contributed by atoms with van der Waals surface area (Å²) in [6, 6.07) is 6.86. The van der Waals surface area contributed by atoms with Gasteiger partial charge in [0.15, 0.2) is 0 Å². The van der Waals surface area contributed by atoms with Crippen LogP contribution in [0.2, 0.25) is 0 Å². The molecule has 0 aliphatic rings. The maximum absolute atomic E-state index is 11.6. The third kappa shape index (κ3) is 6.85. The van der Waals surface area contributed by atoms with Crippen LogP contribution in [0.4, 0.5) is 5.69 Å². The standard InChI is InChI=1S/C12H19N3O3S.ClH/c1-12(2,13)11(16)15-10-6-4-9(5-7-10)8-14-19(3,17)18;/h4-7,14H,8,13H2,1-3H3,(H,15,16);1H. The smallest absolute Gasteiger partial charge is 0.243 e. The lowest BCUT2D eigenvalue weighted by atomic mass is 10.1. The molecular weight excluding hydrogens is 302 g/mol. The van der Waals surface area contributed by atoms with Gasteiger partial charge >= 0.3 is 0 Å². The lowest BCUT2D eigenvalue weighted by Gasteiger charge is -2.17. The molecule has 0 aliphatic carbocycles. The molecule has 1 amide bonds. The Balaban J connectivity index is 0.00000361. The molecule has 0 heterocycles. The molecule has 0 atom stereocenters. The first kappa shape index (κ1) is 18.9. The normalized spacial score (nSPS) is 11.6. The van der Waals surface area contributed by atoms with E-state index >= 15 is 0 Å². The SMILES string of the molecule is CC(C)(N)C(=O)Nc1ccc(CNS(C)(=O)=O)cc1.Cl. The van der Waals surface area contributed by atoms with E-state index in [1.807, 2.05) is 0 Å². The lowest BCUT2D eigenvalue weighted by molar-refractivity contribution is -0.120. The zero-order chi connectivity index (χ0) is 14.7. The van der Waals surface area contributed by atoms with E-state index in [4.69, 9.17) is 5.73 Å². The molecule has 4 N–H and O–H groups in total. The number of amides is 1. The molecule has 0 unspecified atom stereocenters. The molecule has 0 saturated heterocycles. The molecule has 0 spiro atoms. The Labute approximate surface area is 125 Å². The highest BCUT2D eigenvalue weighted by molar-refractivity contribution is 7.88. The van der Waals surface area contributed by atoms with Gasteiger partial charge in [0.25, 0.3) is 0 Å². The first-order chi connectivity index (χ1) is 8.58. The van der Waals surface area contributed by atoms with Crippen LogP contribution >= 0.6 is 12.4 Å². The quantitative estimate of drug-likeness (QED) is 0.747. The maximum atomic E-state index is 11.6. The van der Waals surface area contributed by atoms with E-state index in [0.717, 1.165) is 11.8 Å². The molecule has 1 rings (SSSR count). The van der Waals surface area contributed by atoms with Gasteiger partial charge in [-0.25, -0.2) is 13.1 Å². The molecule has 0 fully saturated rings. The average molecular weight is 322 g/mol. The summed E-state index contributed by atoms with van der Waals surface area (Å²) in [4.78, 5) is 11.6. The molecule has 20 heavy (non-hydrogen) atoms. The van der Waals surface area contributed by atoms with Crippen LogP contribution in [0.5, 0.6) is 0 Å². The van der Waals surface area contributed by atoms with E-state index in [9.17, 15) is 13.2 Å². The van der Waals surface area contributed by atoms with Gasteiger partial charge < -0.3 is 11.1 Å². The molecule has 0 aliphatic heterocycles. The zero-order valence-electron chi connectivity index (χ0n) is 11.6. The Morgan fingerprint density at radius 2 is 1.75 bits per heavy atom. The van der Waals surface area contributed by atoms with Crippen molar-refractivity contribution in [2.24, 2.45) is 5.73 Å². The van der Waals surface area contributed by atoms with Gasteiger partial charge in [-0.05, 0) is 31.5 Å². The van der Waals surface area contributed by atoms with E-state index in [0.29, 0.717) is 5.69 Å². The summed E-state index contributed by atoms with van der Waals surface area (Å²) in [6.45, 7) is 3.45. The fraction of sp³-hybridized carbons (Fsp3) is 0.417. The second-order valence-electron chi connectivity index (χ2n) is 4.97. The average Bonchev–Trinajstić information content (AvgIpc) is 2.26. The third-order valence-electron chi connectivity index (χ3n) is 2.34. The van der Waals surface area contributed by atoms with Crippen LogP contribution in [0, 0.1) is 0 Å². The predicted molar refractivity (Wildman–Crippen MR) is 82.3 cm³/mol. The Kier molecular flexibility index (Phi) is 6.63. The van der Waals surface area contributed by atoms with Crippen LogP contribution in [0.15, 0.2) is 24.3 Å². The summed E-state index contributed by atoms with van der Waals surface area (Å²) in [7, 11) is -3.21. The van der Waals surface area contributed by atoms with Crippen molar-refractivity contribution in [2.45, 2.75) is 25.9 Å². The van der Waals surface area contributed by atoms with Crippen molar-refractivity contribution in [2.75, 3.05) is 11.6 Å². The van der Waals surface area contributed by atoms with Gasteiger partial charge in [0.1, 0.15) is 0 Å². The second kappa shape index (κ2) is 7.03. The van der Waals surface area contributed by atoms with Gasteiger partial charge in [0.05, 0.1) is 11.8 Å². The highest BCUT2D eigenvalue weighted by atomic mass is 35.5. The van der Waals surface area contributed by atoms with Crippen molar-refractivity contribution in [1.29, 1.82) is 0 Å². The molecule has 0 radical (unpaired) electrons. The number of halogens is 1. The first-order valence-corrected chi connectivity index (χ1v) is 7.61. The number of sulfonamides is 1. The first-order valence-electron chi connectivity index (χ1n) is 5.72. The van der Waals surface area contributed by atoms with Crippen LogP contribution in [0.25, 0.3) is 0 Å². The minimum atomic E-state index is -3.21. The summed E-state index contributed by atoms with van der Waals surface area (Å²) in [5, 5.41) is 2.68. The highest BCUT2D eigenvalue weighted by Crippen LogP contribution is 2.11. The summed E-state index contributed by atoms with van der Waals surface area (Å²) in [6.07, 6.45) is 1.10. The predicted octanol–water partition coefficient (Wildman–Crippen LogP) is 0.833. The van der Waals surface area contributed by atoms with Gasteiger partial charge in [0, 0.05) is 12.2 Å². The van der Waals surface area contributed by atoms with E-state index in [-0.39, 0.29) is 24.9 Å². The Morgan fingerprint density at radius 1 is 1.25 bits per heavy atom. The second-order valence-corrected chi connectivity index (χ2v) is 6.80. The fourth-order valence-electron chi connectivity index (χ4n) is 1.21. The van der Waals surface area contributed by atoms with Crippen LogP contribution in [0.1, 0.15) is 19.4 Å². The molecular formula is C12H20ClN3O3S. The maximum Gasteiger partial charge on any atom is 0.243 e. The van der Waals surface area contributed by atoms with Crippen molar-refractivity contribution in [3.63, 3.8) is 0 Å². The van der Waals surface area contributed by atoms with Crippen molar-refractivity contribution in [3.05, 3.63) is 29.8 Å². The van der Waals surface area contributed by atoms with Crippen LogP contribution < -0.4 is 15.8 Å². The largest absolute Gasteiger partial charge is 0.325 e.